The number of carboxylic acids is 3. The summed E-state index contributed by atoms with van der Waals surface area (Å²) in [6.45, 7) is 6.77. The van der Waals surface area contributed by atoms with Gasteiger partial charge in [0.05, 0.1) is 0 Å². The van der Waals surface area contributed by atoms with Gasteiger partial charge in [-0.25, -0.2) is 0 Å². The molecule has 0 spiro atoms. The Morgan fingerprint density at radius 3 is 0.574 bits per heavy atom. The zero-order valence-corrected chi connectivity index (χ0v) is 42.6. The molecule has 360 valence electrons. The second-order valence-corrected chi connectivity index (χ2v) is 17.1. The molecule has 0 unspecified atom stereocenters. The quantitative estimate of drug-likeness (QED) is 0.0443. The molecular weight excluding hydrogens is 904 g/mol. The van der Waals surface area contributed by atoms with Crippen molar-refractivity contribution >= 4 is 17.9 Å². The number of allylic oxidation sites excluding steroid dienone is 6. The maximum Gasteiger partial charge on any atom is 3.00 e. The van der Waals surface area contributed by atoms with Crippen LogP contribution < -0.4 is 15.3 Å². The fourth-order valence-electron chi connectivity index (χ4n) is 7.02. The Balaban J connectivity index is -0.000000396. The molecule has 7 heteroatoms. The molecule has 0 saturated heterocycles. The van der Waals surface area contributed by atoms with Crippen LogP contribution >= 0.6 is 0 Å². The summed E-state index contributed by atoms with van der Waals surface area (Å²) in [5.74, 6) is -2.74. The van der Waals surface area contributed by atoms with Gasteiger partial charge < -0.3 is 29.7 Å². The Bertz CT molecular complexity index is 827. The number of carbonyl (C=O) groups excluding carboxylic acids is 3. The average Bonchev–Trinajstić information content (AvgIpc) is 3.22. The predicted octanol–water partition coefficient (Wildman–Crippen LogP) is 14.3. The van der Waals surface area contributed by atoms with E-state index in [0.29, 0.717) is 0 Å². The van der Waals surface area contributed by atoms with Gasteiger partial charge in [0.2, 0.25) is 0 Å². The largest absolute Gasteiger partial charge is 3.00 e. The van der Waals surface area contributed by atoms with E-state index < -0.39 is 17.9 Å². The average molecular weight is 1000 g/mol. The first-order valence-electron chi connectivity index (χ1n) is 25.9. The van der Waals surface area contributed by atoms with Crippen molar-refractivity contribution < 1.29 is 68.3 Å². The topological polar surface area (TPSA) is 120 Å². The van der Waals surface area contributed by atoms with Gasteiger partial charge in [-0.3, -0.25) is 0 Å². The molecule has 0 fully saturated rings. The van der Waals surface area contributed by atoms with Gasteiger partial charge in [-0.1, -0.05) is 211 Å². The number of hydrogen-bond acceptors (Lipinski definition) is 6. The third-order valence-corrected chi connectivity index (χ3v) is 10.9. The third-order valence-electron chi connectivity index (χ3n) is 10.9. The normalized spacial score (nSPS) is 11.1. The van der Waals surface area contributed by atoms with Crippen molar-refractivity contribution in [2.24, 2.45) is 0 Å². The van der Waals surface area contributed by atoms with Crippen molar-refractivity contribution in [3.8, 4) is 0 Å². The SMILES string of the molecule is CCCCCCCCC=CCCCCCCCC(=O)[O-].CCCCCCCCC=CCCCCCCCC(=O)[O-].CCCCCCCCC=CCCCCCCCC(=O)[O-].[Tb+3]. The zero-order chi connectivity index (χ0) is 44.7. The molecule has 0 aliphatic rings. The Labute approximate surface area is 410 Å². The van der Waals surface area contributed by atoms with Gasteiger partial charge in [0, 0.05) is 17.9 Å². The molecule has 0 amide bonds. The van der Waals surface area contributed by atoms with E-state index >= 15 is 0 Å². The summed E-state index contributed by atoms with van der Waals surface area (Å²) < 4.78 is 0. The molecule has 0 aliphatic heterocycles. The Kier molecular flexibility index (Phi) is 68.9. The Hall–Kier alpha value is -1.08. The van der Waals surface area contributed by atoms with Crippen LogP contribution in [0.1, 0.15) is 290 Å². The minimum Gasteiger partial charge on any atom is -0.550 e. The van der Waals surface area contributed by atoms with Crippen molar-refractivity contribution in [1.82, 2.24) is 0 Å². The number of carbonyl (C=O) groups is 3. The van der Waals surface area contributed by atoms with Crippen LogP contribution in [0.4, 0.5) is 0 Å². The number of rotatable bonds is 45. The van der Waals surface area contributed by atoms with E-state index in [0.717, 1.165) is 57.8 Å². The van der Waals surface area contributed by atoms with Gasteiger partial charge in [0.15, 0.2) is 0 Å². The van der Waals surface area contributed by atoms with Crippen LogP contribution in [0.5, 0.6) is 0 Å². The zero-order valence-electron chi connectivity index (χ0n) is 40.4. The van der Waals surface area contributed by atoms with E-state index in [-0.39, 0.29) is 57.9 Å². The van der Waals surface area contributed by atoms with E-state index in [1.807, 2.05) is 0 Å². The van der Waals surface area contributed by atoms with Crippen LogP contribution in [0.15, 0.2) is 36.5 Å². The fourth-order valence-corrected chi connectivity index (χ4v) is 7.02. The molecular formula is C54H99O6Tb. The van der Waals surface area contributed by atoms with Gasteiger partial charge in [-0.05, 0) is 116 Å². The van der Waals surface area contributed by atoms with Crippen LogP contribution in [-0.2, 0) is 14.4 Å². The molecule has 0 aliphatic carbocycles. The van der Waals surface area contributed by atoms with Crippen LogP contribution in [0.25, 0.3) is 0 Å². The summed E-state index contributed by atoms with van der Waals surface area (Å²) >= 11 is 0. The standard InChI is InChI=1S/3C18H34O2.Tb/c3*1-2-3-4-5-6-7-8-9-10-11-12-13-14-15-16-17-18(19)20;/h3*9-10H,2-8,11-17H2,1H3,(H,19,20);/q;;;+3/p-3. The smallest absolute Gasteiger partial charge is 0.550 e. The number of aliphatic carboxylic acids is 3. The summed E-state index contributed by atoms with van der Waals surface area (Å²) in [7, 11) is 0. The summed E-state index contributed by atoms with van der Waals surface area (Å²) in [4.78, 5) is 30.6. The molecule has 6 nitrogen and oxygen atoms in total. The molecule has 0 heterocycles. The second kappa shape index (κ2) is 63.2. The first-order valence-corrected chi connectivity index (χ1v) is 25.9. The van der Waals surface area contributed by atoms with Gasteiger partial charge in [-0.15, -0.1) is 0 Å². The second-order valence-electron chi connectivity index (χ2n) is 17.1. The maximum atomic E-state index is 10.2. The molecule has 0 N–H and O–H groups in total. The van der Waals surface area contributed by atoms with Crippen LogP contribution in [0.2, 0.25) is 0 Å². The van der Waals surface area contributed by atoms with E-state index in [2.05, 4.69) is 57.2 Å². The first kappa shape index (κ1) is 66.5. The number of carboxylic acid groups (broad SMARTS) is 3. The van der Waals surface area contributed by atoms with Crippen LogP contribution in [0, 0.1) is 38.6 Å². The molecule has 0 rings (SSSR count). The minimum atomic E-state index is -0.914. The summed E-state index contributed by atoms with van der Waals surface area (Å²) in [5, 5.41) is 30.6. The van der Waals surface area contributed by atoms with Crippen molar-refractivity contribution in [3.05, 3.63) is 36.5 Å². The van der Waals surface area contributed by atoms with Gasteiger partial charge in [0.25, 0.3) is 0 Å². The van der Waals surface area contributed by atoms with Crippen molar-refractivity contribution in [3.63, 3.8) is 0 Å². The Morgan fingerprint density at radius 2 is 0.410 bits per heavy atom. The fraction of sp³-hybridized carbons (Fsp3) is 0.833. The molecule has 0 bridgehead atoms. The van der Waals surface area contributed by atoms with Gasteiger partial charge in [0.1, 0.15) is 0 Å². The number of unbranched alkanes of at least 4 members (excludes halogenated alkanes) is 33. The molecule has 0 aromatic heterocycles. The molecule has 0 saturated carbocycles. The molecule has 0 aromatic carbocycles. The van der Waals surface area contributed by atoms with Crippen LogP contribution in [-0.4, -0.2) is 17.9 Å². The molecule has 0 atom stereocenters. The maximum absolute atomic E-state index is 10.2. The van der Waals surface area contributed by atoms with E-state index in [9.17, 15) is 29.7 Å². The molecule has 0 aromatic rings. The van der Waals surface area contributed by atoms with Crippen molar-refractivity contribution in [1.29, 1.82) is 0 Å². The van der Waals surface area contributed by atoms with Crippen LogP contribution in [0.3, 0.4) is 0 Å². The Morgan fingerprint density at radius 1 is 0.262 bits per heavy atom. The van der Waals surface area contributed by atoms with Gasteiger partial charge >= 0.3 is 38.6 Å². The van der Waals surface area contributed by atoms with Gasteiger partial charge in [-0.2, -0.15) is 0 Å². The third kappa shape index (κ3) is 76.6. The van der Waals surface area contributed by atoms with E-state index in [1.165, 1.54) is 193 Å². The first-order chi connectivity index (χ1) is 29.3. The summed E-state index contributed by atoms with van der Waals surface area (Å²) in [5.41, 5.74) is 0. The monoisotopic (exact) mass is 1000 g/mol. The number of hydrogen-bond donors (Lipinski definition) is 0. The summed E-state index contributed by atoms with van der Waals surface area (Å²) in [6.07, 6.45) is 62.7. The van der Waals surface area contributed by atoms with Crippen molar-refractivity contribution in [2.75, 3.05) is 0 Å². The predicted molar refractivity (Wildman–Crippen MR) is 253 cm³/mol. The van der Waals surface area contributed by atoms with Crippen molar-refractivity contribution in [2.45, 2.75) is 290 Å². The minimum absolute atomic E-state index is 0. The summed E-state index contributed by atoms with van der Waals surface area (Å²) in [6, 6.07) is 0. The van der Waals surface area contributed by atoms with E-state index in [4.69, 9.17) is 0 Å². The van der Waals surface area contributed by atoms with E-state index in [1.54, 1.807) is 0 Å². The molecule has 0 radical (unpaired) electrons. The molecule has 61 heavy (non-hydrogen) atoms.